The van der Waals surface area contributed by atoms with Crippen molar-refractivity contribution in [3.05, 3.63) is 58.6 Å². The quantitative estimate of drug-likeness (QED) is 0.878. The van der Waals surface area contributed by atoms with Crippen LogP contribution in [0.3, 0.4) is 0 Å². The third-order valence-electron chi connectivity index (χ3n) is 3.13. The van der Waals surface area contributed by atoms with Gasteiger partial charge in [-0.3, -0.25) is 4.79 Å². The number of halogens is 1. The van der Waals surface area contributed by atoms with Crippen molar-refractivity contribution in [2.75, 3.05) is 17.2 Å². The van der Waals surface area contributed by atoms with Crippen molar-refractivity contribution in [3.8, 4) is 6.07 Å². The van der Waals surface area contributed by atoms with Crippen LogP contribution in [0.5, 0.6) is 0 Å². The predicted molar refractivity (Wildman–Crippen MR) is 89.1 cm³/mol. The molecule has 0 aliphatic carbocycles. The van der Waals surface area contributed by atoms with Gasteiger partial charge in [-0.25, -0.2) is 0 Å². The molecule has 5 heteroatoms. The van der Waals surface area contributed by atoms with Gasteiger partial charge < -0.3 is 10.6 Å². The zero-order valence-electron chi connectivity index (χ0n) is 12.2. The zero-order valence-corrected chi connectivity index (χ0v) is 12.9. The number of benzene rings is 2. The Balaban J connectivity index is 1.82. The summed E-state index contributed by atoms with van der Waals surface area (Å²) in [6, 6.07) is 14.6. The fourth-order valence-electron chi connectivity index (χ4n) is 1.91. The highest BCUT2D eigenvalue weighted by molar-refractivity contribution is 6.31. The molecule has 0 aliphatic heterocycles. The van der Waals surface area contributed by atoms with Crippen LogP contribution in [0.25, 0.3) is 0 Å². The number of aryl methyl sites for hydroxylation is 1. The van der Waals surface area contributed by atoms with E-state index in [1.165, 1.54) is 0 Å². The lowest BCUT2D eigenvalue weighted by atomic mass is 10.2. The maximum absolute atomic E-state index is 11.9. The molecule has 0 saturated heterocycles. The van der Waals surface area contributed by atoms with E-state index in [-0.39, 0.29) is 5.91 Å². The van der Waals surface area contributed by atoms with Crippen LogP contribution >= 0.6 is 11.6 Å². The van der Waals surface area contributed by atoms with Gasteiger partial charge in [-0.2, -0.15) is 5.26 Å². The summed E-state index contributed by atoms with van der Waals surface area (Å²) in [6.07, 6.45) is 0.322. The molecule has 0 fully saturated rings. The number of hydrogen-bond acceptors (Lipinski definition) is 3. The molecule has 0 spiro atoms. The second kappa shape index (κ2) is 7.48. The molecule has 2 aromatic rings. The van der Waals surface area contributed by atoms with E-state index in [1.54, 1.807) is 24.3 Å². The first-order valence-electron chi connectivity index (χ1n) is 6.88. The van der Waals surface area contributed by atoms with E-state index < -0.39 is 0 Å². The topological polar surface area (TPSA) is 64.9 Å². The fraction of sp³-hybridized carbons (Fsp3) is 0.176. The van der Waals surface area contributed by atoms with Crippen molar-refractivity contribution >= 4 is 28.9 Å². The van der Waals surface area contributed by atoms with Crippen LogP contribution in [-0.2, 0) is 4.79 Å². The number of carbonyl (C=O) groups excluding carboxylic acids is 1. The third-order valence-corrected chi connectivity index (χ3v) is 3.54. The van der Waals surface area contributed by atoms with E-state index >= 15 is 0 Å². The molecule has 112 valence electrons. The SMILES string of the molecule is Cc1ccc(NC(=O)CCNc2cccc(C#N)c2)cc1Cl. The fourth-order valence-corrected chi connectivity index (χ4v) is 2.09. The molecule has 2 rings (SSSR count). The molecule has 4 nitrogen and oxygen atoms in total. The number of anilines is 2. The van der Waals surface area contributed by atoms with Gasteiger partial charge in [0.1, 0.15) is 0 Å². The molecule has 2 aromatic carbocycles. The van der Waals surface area contributed by atoms with Gasteiger partial charge in [-0.15, -0.1) is 0 Å². The van der Waals surface area contributed by atoms with Gasteiger partial charge >= 0.3 is 0 Å². The molecular weight excluding hydrogens is 298 g/mol. The Morgan fingerprint density at radius 1 is 1.23 bits per heavy atom. The molecule has 22 heavy (non-hydrogen) atoms. The molecule has 1 amide bonds. The molecular formula is C17H16ClN3O. The smallest absolute Gasteiger partial charge is 0.226 e. The molecule has 0 aromatic heterocycles. The number of amides is 1. The largest absolute Gasteiger partial charge is 0.384 e. The van der Waals surface area contributed by atoms with E-state index in [0.717, 1.165) is 11.3 Å². The number of hydrogen-bond donors (Lipinski definition) is 2. The number of nitrogens with one attached hydrogen (secondary N) is 2. The maximum atomic E-state index is 11.9. The second-order valence-corrected chi connectivity index (χ2v) is 5.29. The molecule has 0 atom stereocenters. The lowest BCUT2D eigenvalue weighted by Crippen LogP contribution is -2.16. The van der Waals surface area contributed by atoms with Crippen LogP contribution in [0.2, 0.25) is 5.02 Å². The second-order valence-electron chi connectivity index (χ2n) is 4.88. The summed E-state index contributed by atoms with van der Waals surface area (Å²) in [6.45, 7) is 2.40. The number of nitrogens with zero attached hydrogens (tertiary/aromatic N) is 1. The summed E-state index contributed by atoms with van der Waals surface area (Å²) in [7, 11) is 0. The van der Waals surface area contributed by atoms with Crippen LogP contribution in [-0.4, -0.2) is 12.5 Å². The van der Waals surface area contributed by atoms with Gasteiger partial charge in [0.15, 0.2) is 0 Å². The average molecular weight is 314 g/mol. The van der Waals surface area contributed by atoms with Gasteiger partial charge in [0.05, 0.1) is 11.6 Å². The Morgan fingerprint density at radius 2 is 2.05 bits per heavy atom. The van der Waals surface area contributed by atoms with Crippen LogP contribution in [0.1, 0.15) is 17.5 Å². The monoisotopic (exact) mass is 313 g/mol. The Bertz CT molecular complexity index is 722. The summed E-state index contributed by atoms with van der Waals surface area (Å²) in [4.78, 5) is 11.9. The Kier molecular flexibility index (Phi) is 5.40. The highest BCUT2D eigenvalue weighted by atomic mass is 35.5. The summed E-state index contributed by atoms with van der Waals surface area (Å²) < 4.78 is 0. The Morgan fingerprint density at radius 3 is 2.77 bits per heavy atom. The summed E-state index contributed by atoms with van der Waals surface area (Å²) in [5.74, 6) is -0.0937. The van der Waals surface area contributed by atoms with Gasteiger partial charge in [0.25, 0.3) is 0 Å². The van der Waals surface area contributed by atoms with E-state index in [1.807, 2.05) is 25.1 Å². The van der Waals surface area contributed by atoms with Crippen LogP contribution in [0, 0.1) is 18.3 Å². The van der Waals surface area contributed by atoms with Crippen molar-refractivity contribution in [2.45, 2.75) is 13.3 Å². The minimum Gasteiger partial charge on any atom is -0.384 e. The first-order chi connectivity index (χ1) is 10.6. The van der Waals surface area contributed by atoms with Crippen LogP contribution in [0.15, 0.2) is 42.5 Å². The summed E-state index contributed by atoms with van der Waals surface area (Å²) in [5.41, 5.74) is 3.07. The van der Waals surface area contributed by atoms with Gasteiger partial charge in [0, 0.05) is 29.4 Å². The lowest BCUT2D eigenvalue weighted by molar-refractivity contribution is -0.115. The summed E-state index contributed by atoms with van der Waals surface area (Å²) in [5, 5.41) is 15.4. The molecule has 0 radical (unpaired) electrons. The predicted octanol–water partition coefficient (Wildman–Crippen LogP) is 3.96. The molecule has 2 N–H and O–H groups in total. The van der Waals surface area contributed by atoms with E-state index in [2.05, 4.69) is 16.7 Å². The minimum absolute atomic E-state index is 0.0937. The Hall–Kier alpha value is -2.51. The van der Waals surface area contributed by atoms with E-state index in [4.69, 9.17) is 16.9 Å². The van der Waals surface area contributed by atoms with Crippen molar-refractivity contribution in [1.29, 1.82) is 5.26 Å². The molecule has 0 saturated carbocycles. The third kappa shape index (κ3) is 4.51. The first-order valence-corrected chi connectivity index (χ1v) is 7.26. The lowest BCUT2D eigenvalue weighted by Gasteiger charge is -2.08. The highest BCUT2D eigenvalue weighted by Gasteiger charge is 2.04. The number of carbonyl (C=O) groups is 1. The molecule has 0 unspecified atom stereocenters. The van der Waals surface area contributed by atoms with Gasteiger partial charge in [-0.05, 0) is 42.8 Å². The molecule has 0 heterocycles. The average Bonchev–Trinajstić information content (AvgIpc) is 2.51. The van der Waals surface area contributed by atoms with Crippen molar-refractivity contribution < 1.29 is 4.79 Å². The van der Waals surface area contributed by atoms with Crippen molar-refractivity contribution in [1.82, 2.24) is 0 Å². The normalized spacial score (nSPS) is 9.86. The standard InChI is InChI=1S/C17H16ClN3O/c1-12-5-6-15(10-16(12)18)21-17(22)7-8-20-14-4-2-3-13(9-14)11-19/h2-6,9-10,20H,7-8H2,1H3,(H,21,22). The van der Waals surface area contributed by atoms with Gasteiger partial charge in [0.2, 0.25) is 5.91 Å². The molecule has 0 aliphatic rings. The van der Waals surface area contributed by atoms with E-state index in [0.29, 0.717) is 29.2 Å². The summed E-state index contributed by atoms with van der Waals surface area (Å²) >= 11 is 6.02. The van der Waals surface area contributed by atoms with Crippen molar-refractivity contribution in [2.24, 2.45) is 0 Å². The van der Waals surface area contributed by atoms with Crippen molar-refractivity contribution in [3.63, 3.8) is 0 Å². The van der Waals surface area contributed by atoms with Crippen LogP contribution in [0.4, 0.5) is 11.4 Å². The van der Waals surface area contributed by atoms with E-state index in [9.17, 15) is 4.79 Å². The first kappa shape index (κ1) is 15.9. The highest BCUT2D eigenvalue weighted by Crippen LogP contribution is 2.20. The minimum atomic E-state index is -0.0937. The maximum Gasteiger partial charge on any atom is 0.226 e. The Labute approximate surface area is 134 Å². The molecule has 0 bridgehead atoms. The number of rotatable bonds is 5. The van der Waals surface area contributed by atoms with Gasteiger partial charge in [-0.1, -0.05) is 23.7 Å². The zero-order chi connectivity index (χ0) is 15.9. The number of nitriles is 1. The van der Waals surface area contributed by atoms with Crippen LogP contribution < -0.4 is 10.6 Å².